The molecule has 0 aliphatic heterocycles. The Labute approximate surface area is 84.2 Å². The van der Waals surface area contributed by atoms with Gasteiger partial charge in [-0.3, -0.25) is 0 Å². The van der Waals surface area contributed by atoms with Crippen molar-refractivity contribution < 1.29 is 8.42 Å². The second-order valence-electron chi connectivity index (χ2n) is 3.19. The summed E-state index contributed by atoms with van der Waals surface area (Å²) in [5, 5.41) is 3.94. The largest absolute Gasteiger partial charge is 0.254 e. The van der Waals surface area contributed by atoms with Crippen LogP contribution in [0.3, 0.4) is 0 Å². The first-order valence-electron chi connectivity index (χ1n) is 4.66. The van der Waals surface area contributed by atoms with Gasteiger partial charge in [0, 0.05) is 5.92 Å². The van der Waals surface area contributed by atoms with E-state index < -0.39 is 10.0 Å². The van der Waals surface area contributed by atoms with Gasteiger partial charge in [-0.25, -0.2) is 13.4 Å². The molecule has 1 aromatic rings. The van der Waals surface area contributed by atoms with Gasteiger partial charge in [-0.15, -0.1) is 9.19 Å². The van der Waals surface area contributed by atoms with Crippen LogP contribution < -0.4 is 0 Å². The van der Waals surface area contributed by atoms with Gasteiger partial charge in [0.25, 0.3) is 10.0 Å². The molecule has 1 heterocycles. The Morgan fingerprint density at radius 1 is 1.50 bits per heavy atom. The fourth-order valence-electron chi connectivity index (χ4n) is 0.936. The Morgan fingerprint density at radius 3 is 2.64 bits per heavy atom. The van der Waals surface area contributed by atoms with E-state index >= 15 is 0 Å². The molecule has 1 rings (SSSR count). The van der Waals surface area contributed by atoms with Gasteiger partial charge >= 0.3 is 0 Å². The van der Waals surface area contributed by atoms with Gasteiger partial charge in [0.05, 0.1) is 5.75 Å². The van der Waals surface area contributed by atoms with Crippen LogP contribution in [0.5, 0.6) is 0 Å². The molecule has 0 saturated carbocycles. The molecular weight excluding hydrogens is 202 g/mol. The van der Waals surface area contributed by atoms with Crippen LogP contribution in [0, 0.1) is 0 Å². The van der Waals surface area contributed by atoms with Crippen molar-refractivity contribution in [3.63, 3.8) is 0 Å². The molecule has 0 radical (unpaired) electrons. The van der Waals surface area contributed by atoms with Crippen molar-refractivity contribution in [2.75, 3.05) is 5.75 Å². The van der Waals surface area contributed by atoms with Crippen molar-refractivity contribution in [1.29, 1.82) is 0 Å². The molecule has 1 aromatic heterocycles. The number of aromatic nitrogens is 3. The van der Waals surface area contributed by atoms with Gasteiger partial charge in [-0.2, -0.15) is 0 Å². The first kappa shape index (κ1) is 11.2. The Bertz CT molecular complexity index is 396. The monoisotopic (exact) mass is 217 g/mol. The second kappa shape index (κ2) is 4.08. The minimum atomic E-state index is -3.28. The maximum absolute atomic E-state index is 11.4. The molecule has 1 atom stereocenters. The first-order chi connectivity index (χ1) is 6.51. The van der Waals surface area contributed by atoms with E-state index in [1.54, 1.807) is 6.92 Å². The molecule has 80 valence electrons. The lowest BCUT2D eigenvalue weighted by Crippen LogP contribution is -2.15. The highest BCUT2D eigenvalue weighted by Crippen LogP contribution is 2.13. The fraction of sp³-hybridized carbons (Fsp3) is 0.750. The van der Waals surface area contributed by atoms with Crippen LogP contribution in [0.15, 0.2) is 6.33 Å². The quantitative estimate of drug-likeness (QED) is 0.754. The zero-order chi connectivity index (χ0) is 10.8. The zero-order valence-electron chi connectivity index (χ0n) is 8.64. The van der Waals surface area contributed by atoms with Crippen molar-refractivity contribution in [2.24, 2.45) is 0 Å². The fourth-order valence-corrected chi connectivity index (χ4v) is 1.60. The van der Waals surface area contributed by atoms with Gasteiger partial charge in [0.15, 0.2) is 5.82 Å². The molecule has 1 unspecified atom stereocenters. The lowest BCUT2D eigenvalue weighted by molar-refractivity contribution is 0.578. The lowest BCUT2D eigenvalue weighted by Gasteiger charge is -2.01. The zero-order valence-corrected chi connectivity index (χ0v) is 9.45. The Hall–Kier alpha value is -0.910. The predicted molar refractivity (Wildman–Crippen MR) is 53.6 cm³/mol. The minimum absolute atomic E-state index is 0.0380. The van der Waals surface area contributed by atoms with Gasteiger partial charge < -0.3 is 0 Å². The normalized spacial score (nSPS) is 14.2. The van der Waals surface area contributed by atoms with Crippen LogP contribution >= 0.6 is 0 Å². The summed E-state index contributed by atoms with van der Waals surface area (Å²) in [7, 11) is -3.28. The second-order valence-corrected chi connectivity index (χ2v) is 5.30. The lowest BCUT2D eigenvalue weighted by atomic mass is 10.1. The van der Waals surface area contributed by atoms with Crippen molar-refractivity contribution in [2.45, 2.75) is 33.1 Å². The number of hydrogen-bond donors (Lipinski definition) is 0. The SMILES string of the molecule is CCC(C)c1ncn(S(=O)(=O)CC)n1. The highest BCUT2D eigenvalue weighted by Gasteiger charge is 2.15. The number of nitrogens with zero attached hydrogens (tertiary/aromatic N) is 3. The van der Waals surface area contributed by atoms with Crippen LogP contribution in [-0.4, -0.2) is 28.3 Å². The molecular formula is C8H15N3O2S. The Balaban J connectivity index is 3.00. The number of rotatable bonds is 4. The van der Waals surface area contributed by atoms with Gasteiger partial charge in [0.1, 0.15) is 6.33 Å². The maximum Gasteiger partial charge on any atom is 0.254 e. The summed E-state index contributed by atoms with van der Waals surface area (Å²) in [6.07, 6.45) is 2.16. The van der Waals surface area contributed by atoms with Crippen LogP contribution in [0.4, 0.5) is 0 Å². The smallest absolute Gasteiger partial charge is 0.218 e. The standard InChI is InChI=1S/C8H15N3O2S/c1-4-7(3)8-9-6-11(10-8)14(12,13)5-2/h6-7H,4-5H2,1-3H3. The summed E-state index contributed by atoms with van der Waals surface area (Å²) in [6.45, 7) is 5.57. The summed E-state index contributed by atoms with van der Waals surface area (Å²) < 4.78 is 23.7. The Kier molecular flexibility index (Phi) is 3.25. The van der Waals surface area contributed by atoms with Crippen LogP contribution in [0.1, 0.15) is 38.9 Å². The third kappa shape index (κ3) is 2.12. The van der Waals surface area contributed by atoms with Crippen molar-refractivity contribution in [3.05, 3.63) is 12.2 Å². The highest BCUT2D eigenvalue weighted by atomic mass is 32.2. The van der Waals surface area contributed by atoms with Crippen LogP contribution in [0.25, 0.3) is 0 Å². The summed E-state index contributed by atoms with van der Waals surface area (Å²) in [5.74, 6) is 0.823. The molecule has 0 aliphatic rings. The van der Waals surface area contributed by atoms with Gasteiger partial charge in [-0.1, -0.05) is 13.8 Å². The van der Waals surface area contributed by atoms with E-state index in [1.165, 1.54) is 6.33 Å². The van der Waals surface area contributed by atoms with E-state index in [4.69, 9.17) is 0 Å². The summed E-state index contributed by atoms with van der Waals surface area (Å²) in [6, 6.07) is 0. The predicted octanol–water partition coefficient (Wildman–Crippen LogP) is 0.989. The van der Waals surface area contributed by atoms with Crippen molar-refractivity contribution in [3.8, 4) is 0 Å². The molecule has 0 fully saturated rings. The average molecular weight is 217 g/mol. The third-order valence-electron chi connectivity index (χ3n) is 2.19. The molecule has 0 aromatic carbocycles. The first-order valence-corrected chi connectivity index (χ1v) is 6.27. The molecule has 6 heteroatoms. The van der Waals surface area contributed by atoms with Gasteiger partial charge in [0.2, 0.25) is 0 Å². The average Bonchev–Trinajstić information content (AvgIpc) is 2.66. The Morgan fingerprint density at radius 2 is 2.14 bits per heavy atom. The molecule has 0 aliphatic carbocycles. The number of hydrogen-bond acceptors (Lipinski definition) is 4. The van der Waals surface area contributed by atoms with E-state index in [2.05, 4.69) is 10.1 Å². The van der Waals surface area contributed by atoms with E-state index in [1.807, 2.05) is 13.8 Å². The van der Waals surface area contributed by atoms with Crippen LogP contribution in [0.2, 0.25) is 0 Å². The van der Waals surface area contributed by atoms with E-state index in [9.17, 15) is 8.42 Å². The molecule has 0 bridgehead atoms. The summed E-state index contributed by atoms with van der Waals surface area (Å²) >= 11 is 0. The molecule has 14 heavy (non-hydrogen) atoms. The molecule has 0 saturated heterocycles. The topological polar surface area (TPSA) is 64.8 Å². The van der Waals surface area contributed by atoms with Gasteiger partial charge in [-0.05, 0) is 13.3 Å². The molecule has 0 N–H and O–H groups in total. The van der Waals surface area contributed by atoms with Crippen molar-refractivity contribution >= 4 is 10.0 Å². The van der Waals surface area contributed by atoms with E-state index in [0.29, 0.717) is 5.82 Å². The summed E-state index contributed by atoms with van der Waals surface area (Å²) in [5.41, 5.74) is 0. The summed E-state index contributed by atoms with van der Waals surface area (Å²) in [4.78, 5) is 3.97. The molecule has 0 amide bonds. The minimum Gasteiger partial charge on any atom is -0.218 e. The highest BCUT2D eigenvalue weighted by molar-refractivity contribution is 7.89. The van der Waals surface area contributed by atoms with Crippen molar-refractivity contribution in [1.82, 2.24) is 14.2 Å². The maximum atomic E-state index is 11.4. The molecule has 0 spiro atoms. The molecule has 5 nitrogen and oxygen atoms in total. The van der Waals surface area contributed by atoms with Crippen LogP contribution in [-0.2, 0) is 10.0 Å². The van der Waals surface area contributed by atoms with E-state index in [0.717, 1.165) is 10.5 Å². The van der Waals surface area contributed by atoms with E-state index in [-0.39, 0.29) is 11.7 Å². The third-order valence-corrected chi connectivity index (χ3v) is 3.67.